The van der Waals surface area contributed by atoms with E-state index < -0.39 is 0 Å². The molecule has 0 aromatic carbocycles. The van der Waals surface area contributed by atoms with Gasteiger partial charge in [0.05, 0.1) is 12.2 Å². The second kappa shape index (κ2) is 10.4. The average Bonchev–Trinajstić information content (AvgIpc) is 3.43. The van der Waals surface area contributed by atoms with Crippen LogP contribution in [0.25, 0.3) is 0 Å². The number of aliphatic hydroxyl groups excluding tert-OH is 2. The Morgan fingerprint density at radius 3 is 2.20 bits per heavy atom. The molecule has 2 N–H and O–H groups in total. The molecular weight excluding hydrogens is 442 g/mol. The van der Waals surface area contributed by atoms with Crippen molar-refractivity contribution in [3.8, 4) is 0 Å². The van der Waals surface area contributed by atoms with E-state index in [1.165, 1.54) is 38.8 Å². The Kier molecular flexibility index (Phi) is 7.62. The molecule has 9 nitrogen and oxygen atoms in total. The Morgan fingerprint density at radius 1 is 0.914 bits per heavy atom. The van der Waals surface area contributed by atoms with Gasteiger partial charge >= 0.3 is 0 Å². The molecule has 7 atom stereocenters. The lowest BCUT2D eigenvalue weighted by molar-refractivity contribution is -0.0693. The van der Waals surface area contributed by atoms with E-state index in [0.29, 0.717) is 29.3 Å². The summed E-state index contributed by atoms with van der Waals surface area (Å²) in [6.07, 6.45) is 9.22. The molecule has 0 radical (unpaired) electrons. The van der Waals surface area contributed by atoms with Crippen LogP contribution in [0.3, 0.4) is 0 Å². The number of hydrogen-bond acceptors (Lipinski definition) is 9. The predicted octanol–water partition coefficient (Wildman–Crippen LogP) is 2.23. The van der Waals surface area contributed by atoms with E-state index in [1.807, 2.05) is 12.1 Å². The molecule has 7 unspecified atom stereocenters. The average molecular weight is 492 g/mol. The van der Waals surface area contributed by atoms with Crippen LogP contribution in [0, 0.1) is 17.3 Å². The number of rotatable bonds is 5. The van der Waals surface area contributed by atoms with E-state index in [-0.39, 0.29) is 18.4 Å². The fourth-order valence-electron chi connectivity index (χ4n) is 7.85. The van der Waals surface area contributed by atoms with Crippen molar-refractivity contribution >= 4 is 0 Å². The fourth-order valence-corrected chi connectivity index (χ4v) is 7.85. The van der Waals surface area contributed by atoms with Gasteiger partial charge in [-0.1, -0.05) is 12.1 Å². The first kappa shape index (κ1) is 25.6. The van der Waals surface area contributed by atoms with Crippen molar-refractivity contribution in [1.82, 2.24) is 24.7 Å². The van der Waals surface area contributed by atoms with Gasteiger partial charge in [-0.15, -0.1) is 0 Å². The highest BCUT2D eigenvalue weighted by Gasteiger charge is 2.43. The molecule has 1 spiro atoms. The maximum atomic E-state index is 11.3. The highest BCUT2D eigenvalue weighted by Crippen LogP contribution is 2.43. The van der Waals surface area contributed by atoms with Crippen molar-refractivity contribution in [2.24, 2.45) is 27.7 Å². The van der Waals surface area contributed by atoms with Crippen molar-refractivity contribution in [2.75, 3.05) is 53.5 Å². The minimum absolute atomic E-state index is 0.101. The molecule has 1 saturated carbocycles. The monoisotopic (exact) mass is 491 g/mol. The topological polar surface area (TPSA) is 81.4 Å². The molecule has 4 fully saturated rings. The second-order valence-electron chi connectivity index (χ2n) is 12.5. The molecule has 5 aliphatic rings. The quantitative estimate of drug-likeness (QED) is 0.610. The Balaban J connectivity index is 1.07. The molecule has 0 aromatic rings. The van der Waals surface area contributed by atoms with Crippen LogP contribution in [0.5, 0.6) is 0 Å². The van der Waals surface area contributed by atoms with E-state index in [9.17, 15) is 10.2 Å². The van der Waals surface area contributed by atoms with Crippen LogP contribution in [0.4, 0.5) is 0 Å². The molecule has 35 heavy (non-hydrogen) atoms. The standard InChI is InChI=1S/C26H49N7O2/c1-19-22(6-7-23(19)34)32-15-11-26(12-16-32)9-13-31(14-10-26)17-24(35)21-5-8-25(30(4)20(21)2)33-18-29(3)27-28-33/h19-25,34-35H,5-18H2,1-4H3. The first-order chi connectivity index (χ1) is 16.8. The van der Waals surface area contributed by atoms with Gasteiger partial charge in [0.25, 0.3) is 0 Å². The fraction of sp³-hybridized carbons (Fsp3) is 1.00. The zero-order valence-corrected chi connectivity index (χ0v) is 22.5. The van der Waals surface area contributed by atoms with Crippen LogP contribution in [-0.2, 0) is 0 Å². The van der Waals surface area contributed by atoms with E-state index in [2.05, 4.69) is 51.1 Å². The van der Waals surface area contributed by atoms with E-state index in [1.54, 1.807) is 0 Å². The number of nitrogens with zero attached hydrogens (tertiary/aromatic N) is 7. The summed E-state index contributed by atoms with van der Waals surface area (Å²) in [6.45, 7) is 10.7. The van der Waals surface area contributed by atoms with Crippen molar-refractivity contribution < 1.29 is 10.2 Å². The molecule has 0 bridgehead atoms. The zero-order chi connectivity index (χ0) is 24.7. The van der Waals surface area contributed by atoms with Gasteiger partial charge in [-0.25, -0.2) is 5.01 Å². The van der Waals surface area contributed by atoms with Gasteiger partial charge in [0, 0.05) is 31.6 Å². The second-order valence-corrected chi connectivity index (χ2v) is 12.5. The summed E-state index contributed by atoms with van der Waals surface area (Å²) in [6, 6.07) is 0.907. The van der Waals surface area contributed by atoms with E-state index in [4.69, 9.17) is 0 Å². The number of likely N-dealkylation sites (tertiary alicyclic amines) is 3. The van der Waals surface area contributed by atoms with Gasteiger partial charge in [0.1, 0.15) is 12.8 Å². The predicted molar refractivity (Wildman–Crippen MR) is 136 cm³/mol. The minimum atomic E-state index is -0.276. The Morgan fingerprint density at radius 2 is 1.60 bits per heavy atom. The smallest absolute Gasteiger partial charge is 0.128 e. The largest absolute Gasteiger partial charge is 0.393 e. The maximum Gasteiger partial charge on any atom is 0.128 e. The molecule has 1 aliphatic carbocycles. The third-order valence-electron chi connectivity index (χ3n) is 10.6. The van der Waals surface area contributed by atoms with Gasteiger partial charge in [-0.2, -0.15) is 0 Å². The molecule has 4 aliphatic heterocycles. The SMILES string of the molecule is CC1C(O)CCC1N1CCC2(CCN(CC(O)C3CCC(N4CN(C)N=N4)N(C)C3C)CC2)CC1. The Bertz CT molecular complexity index is 735. The summed E-state index contributed by atoms with van der Waals surface area (Å²) in [5, 5.41) is 33.8. The molecule has 0 amide bonds. The van der Waals surface area contributed by atoms with Crippen LogP contribution >= 0.6 is 0 Å². The van der Waals surface area contributed by atoms with Crippen molar-refractivity contribution in [3.63, 3.8) is 0 Å². The molecule has 3 saturated heterocycles. The lowest BCUT2D eigenvalue weighted by Crippen LogP contribution is -2.57. The minimum Gasteiger partial charge on any atom is -0.393 e. The van der Waals surface area contributed by atoms with E-state index >= 15 is 0 Å². The maximum absolute atomic E-state index is 11.3. The number of β-amino-alcohol motifs (C(OH)–C–C–N with tert-alkyl or cyclic N) is 1. The molecule has 5 rings (SSSR count). The summed E-state index contributed by atoms with van der Waals surface area (Å²) in [5.41, 5.74) is 0.501. The number of piperidine rings is 3. The van der Waals surface area contributed by atoms with Gasteiger partial charge in [-0.3, -0.25) is 14.8 Å². The normalized spacial score (nSPS) is 40.2. The highest BCUT2D eigenvalue weighted by molar-refractivity contribution is 4.96. The zero-order valence-electron chi connectivity index (χ0n) is 22.5. The van der Waals surface area contributed by atoms with Crippen molar-refractivity contribution in [2.45, 2.75) is 95.7 Å². The molecule has 4 heterocycles. The van der Waals surface area contributed by atoms with Crippen LogP contribution in [0.1, 0.15) is 65.2 Å². The van der Waals surface area contributed by atoms with Crippen LogP contribution in [0.15, 0.2) is 10.4 Å². The Hall–Kier alpha value is -1.00. The van der Waals surface area contributed by atoms with Gasteiger partial charge in [-0.05, 0) is 108 Å². The van der Waals surface area contributed by atoms with Gasteiger partial charge < -0.3 is 15.1 Å². The summed E-state index contributed by atoms with van der Waals surface area (Å²) in [7, 11) is 4.13. The van der Waals surface area contributed by atoms with Crippen LogP contribution in [-0.4, -0.2) is 119 Å². The highest BCUT2D eigenvalue weighted by atomic mass is 16.3. The lowest BCUT2D eigenvalue weighted by atomic mass is 9.70. The lowest BCUT2D eigenvalue weighted by Gasteiger charge is -2.50. The third kappa shape index (κ3) is 5.21. The van der Waals surface area contributed by atoms with Crippen LogP contribution in [0.2, 0.25) is 0 Å². The van der Waals surface area contributed by atoms with Crippen molar-refractivity contribution in [1.29, 1.82) is 0 Å². The number of hydrogen-bond donors (Lipinski definition) is 2. The summed E-state index contributed by atoms with van der Waals surface area (Å²) in [4.78, 5) is 7.59. The molecule has 0 aromatic heterocycles. The summed E-state index contributed by atoms with van der Waals surface area (Å²) >= 11 is 0. The number of aliphatic hydroxyl groups is 2. The first-order valence-corrected chi connectivity index (χ1v) is 14.2. The molecule has 9 heteroatoms. The molecular formula is C26H49N7O2. The molecule has 200 valence electrons. The first-order valence-electron chi connectivity index (χ1n) is 14.2. The van der Waals surface area contributed by atoms with E-state index in [0.717, 1.165) is 52.0 Å². The van der Waals surface area contributed by atoms with Gasteiger partial charge in [0.15, 0.2) is 0 Å². The third-order valence-corrected chi connectivity index (χ3v) is 10.6. The van der Waals surface area contributed by atoms with Crippen molar-refractivity contribution in [3.05, 3.63) is 0 Å². The van der Waals surface area contributed by atoms with Gasteiger partial charge in [0.2, 0.25) is 0 Å². The Labute approximate surface area is 212 Å². The summed E-state index contributed by atoms with van der Waals surface area (Å²) < 4.78 is 0. The summed E-state index contributed by atoms with van der Waals surface area (Å²) in [5.74, 6) is 0.723. The van der Waals surface area contributed by atoms with Crippen LogP contribution < -0.4 is 0 Å².